The molecule has 2 heterocycles. The molecule has 1 unspecified atom stereocenters. The van der Waals surface area contributed by atoms with Crippen molar-refractivity contribution in [2.45, 2.75) is 26.7 Å². The second-order valence-electron chi connectivity index (χ2n) is 8.17. The summed E-state index contributed by atoms with van der Waals surface area (Å²) in [4.78, 5) is 13.1. The van der Waals surface area contributed by atoms with Crippen molar-refractivity contribution in [3.8, 4) is 17.0 Å². The summed E-state index contributed by atoms with van der Waals surface area (Å²) in [5.74, 6) is 2.66. The standard InChI is InChI=1S/C24H31N5O2/c1-17(19-7-5-6-8-21(19)31-4)24(2,3)15-27-23-14-20(28-16-29-23)18-9-10-25-22(13-18)26-11-12-30/h5-10,13-14,16-17,30H,11-12,15H2,1-4H3,(H,25,26)(H,27,28,29). The van der Waals surface area contributed by atoms with E-state index in [1.807, 2.05) is 36.4 Å². The Hall–Kier alpha value is -3.19. The SMILES string of the molecule is COc1ccccc1C(C)C(C)(C)CNc1cc(-c2ccnc(NCCO)c2)ncn1. The normalized spacial score (nSPS) is 12.3. The van der Waals surface area contributed by atoms with Crippen LogP contribution in [0.2, 0.25) is 0 Å². The van der Waals surface area contributed by atoms with E-state index in [9.17, 15) is 0 Å². The summed E-state index contributed by atoms with van der Waals surface area (Å²) < 4.78 is 5.56. The molecule has 7 heteroatoms. The van der Waals surface area contributed by atoms with Crippen molar-refractivity contribution in [3.05, 3.63) is 60.6 Å². The van der Waals surface area contributed by atoms with Crippen LogP contribution in [0.5, 0.6) is 5.75 Å². The van der Waals surface area contributed by atoms with Gasteiger partial charge >= 0.3 is 0 Å². The lowest BCUT2D eigenvalue weighted by molar-refractivity contribution is 0.311. The molecule has 164 valence electrons. The van der Waals surface area contributed by atoms with Crippen molar-refractivity contribution < 1.29 is 9.84 Å². The minimum Gasteiger partial charge on any atom is -0.496 e. The molecule has 3 N–H and O–H groups in total. The fourth-order valence-corrected chi connectivity index (χ4v) is 3.40. The van der Waals surface area contributed by atoms with Gasteiger partial charge in [-0.3, -0.25) is 0 Å². The van der Waals surface area contributed by atoms with Gasteiger partial charge in [-0.1, -0.05) is 39.0 Å². The Morgan fingerprint density at radius 2 is 1.81 bits per heavy atom. The number of pyridine rings is 1. The average molecular weight is 422 g/mol. The number of aromatic nitrogens is 3. The number of anilines is 2. The van der Waals surface area contributed by atoms with Gasteiger partial charge in [-0.2, -0.15) is 0 Å². The first-order valence-electron chi connectivity index (χ1n) is 10.4. The van der Waals surface area contributed by atoms with Gasteiger partial charge in [0.2, 0.25) is 0 Å². The number of methoxy groups -OCH3 is 1. The van der Waals surface area contributed by atoms with Crippen LogP contribution in [0.15, 0.2) is 55.0 Å². The number of hydrogen-bond acceptors (Lipinski definition) is 7. The fourth-order valence-electron chi connectivity index (χ4n) is 3.40. The third-order valence-corrected chi connectivity index (χ3v) is 5.64. The Bertz CT molecular complexity index is 993. The molecule has 2 aromatic heterocycles. The number of para-hydroxylation sites is 1. The van der Waals surface area contributed by atoms with Gasteiger partial charge in [0, 0.05) is 30.9 Å². The first-order chi connectivity index (χ1) is 14.9. The van der Waals surface area contributed by atoms with Crippen molar-refractivity contribution >= 4 is 11.6 Å². The number of nitrogens with one attached hydrogen (secondary N) is 2. The molecular weight excluding hydrogens is 390 g/mol. The van der Waals surface area contributed by atoms with Crippen molar-refractivity contribution in [2.75, 3.05) is 37.4 Å². The van der Waals surface area contributed by atoms with Crippen molar-refractivity contribution in [1.29, 1.82) is 0 Å². The molecule has 0 fully saturated rings. The van der Waals surface area contributed by atoms with E-state index in [4.69, 9.17) is 9.84 Å². The molecule has 0 aliphatic heterocycles. The summed E-state index contributed by atoms with van der Waals surface area (Å²) in [6, 6.07) is 13.9. The highest BCUT2D eigenvalue weighted by Crippen LogP contribution is 2.39. The third kappa shape index (κ3) is 5.70. The van der Waals surface area contributed by atoms with Crippen molar-refractivity contribution in [2.24, 2.45) is 5.41 Å². The van der Waals surface area contributed by atoms with Crippen LogP contribution in [0.25, 0.3) is 11.3 Å². The van der Waals surface area contributed by atoms with Crippen molar-refractivity contribution in [1.82, 2.24) is 15.0 Å². The Kier molecular flexibility index (Phi) is 7.41. The Balaban J connectivity index is 1.72. The Morgan fingerprint density at radius 1 is 1.03 bits per heavy atom. The third-order valence-electron chi connectivity index (χ3n) is 5.64. The molecule has 0 bridgehead atoms. The highest BCUT2D eigenvalue weighted by molar-refractivity contribution is 5.65. The number of benzene rings is 1. The smallest absolute Gasteiger partial charge is 0.129 e. The van der Waals surface area contributed by atoms with Crippen LogP contribution >= 0.6 is 0 Å². The first-order valence-corrected chi connectivity index (χ1v) is 10.4. The Labute approximate surface area is 183 Å². The summed E-state index contributed by atoms with van der Waals surface area (Å²) in [5, 5.41) is 15.5. The molecule has 0 saturated carbocycles. The molecule has 0 amide bonds. The van der Waals surface area contributed by atoms with E-state index < -0.39 is 0 Å². The molecule has 0 aliphatic carbocycles. The van der Waals surface area contributed by atoms with Gasteiger partial charge < -0.3 is 20.5 Å². The molecular formula is C24H31N5O2. The lowest BCUT2D eigenvalue weighted by Crippen LogP contribution is -2.29. The minimum absolute atomic E-state index is 0.0439. The molecule has 0 radical (unpaired) electrons. The molecule has 0 aliphatic rings. The van der Waals surface area contributed by atoms with E-state index in [-0.39, 0.29) is 17.9 Å². The zero-order valence-electron chi connectivity index (χ0n) is 18.6. The second kappa shape index (κ2) is 10.2. The average Bonchev–Trinajstić information content (AvgIpc) is 2.81. The summed E-state index contributed by atoms with van der Waals surface area (Å²) in [7, 11) is 1.71. The number of hydrogen-bond donors (Lipinski definition) is 3. The number of aliphatic hydroxyl groups is 1. The summed E-state index contributed by atoms with van der Waals surface area (Å²) >= 11 is 0. The number of nitrogens with zero attached hydrogens (tertiary/aromatic N) is 3. The van der Waals surface area contributed by atoms with Crippen LogP contribution < -0.4 is 15.4 Å². The monoisotopic (exact) mass is 421 g/mol. The van der Waals surface area contributed by atoms with Gasteiger partial charge in [0.1, 0.15) is 23.7 Å². The predicted octanol–water partition coefficient (Wildman–Crippen LogP) is 4.19. The summed E-state index contributed by atoms with van der Waals surface area (Å²) in [5.41, 5.74) is 2.89. The number of ether oxygens (including phenoxy) is 1. The summed E-state index contributed by atoms with van der Waals surface area (Å²) in [6.07, 6.45) is 3.29. The molecule has 31 heavy (non-hydrogen) atoms. The van der Waals surface area contributed by atoms with Gasteiger partial charge in [0.05, 0.1) is 19.4 Å². The maximum Gasteiger partial charge on any atom is 0.129 e. The Morgan fingerprint density at radius 3 is 2.58 bits per heavy atom. The molecule has 1 atom stereocenters. The van der Waals surface area contributed by atoms with Crippen LogP contribution in [-0.4, -0.2) is 46.9 Å². The lowest BCUT2D eigenvalue weighted by Gasteiger charge is -2.33. The van der Waals surface area contributed by atoms with Gasteiger partial charge in [-0.05, 0) is 35.1 Å². The highest BCUT2D eigenvalue weighted by Gasteiger charge is 2.29. The van der Waals surface area contributed by atoms with E-state index in [0.717, 1.165) is 29.4 Å². The zero-order chi connectivity index (χ0) is 22.3. The van der Waals surface area contributed by atoms with Crippen LogP contribution in [0.1, 0.15) is 32.3 Å². The fraction of sp³-hybridized carbons (Fsp3) is 0.375. The van der Waals surface area contributed by atoms with E-state index in [1.165, 1.54) is 5.56 Å². The number of rotatable bonds is 10. The summed E-state index contributed by atoms with van der Waals surface area (Å²) in [6.45, 7) is 7.94. The van der Waals surface area contributed by atoms with Crippen LogP contribution in [0.3, 0.4) is 0 Å². The van der Waals surface area contributed by atoms with Gasteiger partial charge in [0.15, 0.2) is 0 Å². The van der Waals surface area contributed by atoms with Crippen molar-refractivity contribution in [3.63, 3.8) is 0 Å². The van der Waals surface area contributed by atoms with Crippen LogP contribution in [0.4, 0.5) is 11.6 Å². The van der Waals surface area contributed by atoms with E-state index in [0.29, 0.717) is 12.4 Å². The van der Waals surface area contributed by atoms with Crippen LogP contribution in [-0.2, 0) is 0 Å². The zero-order valence-corrected chi connectivity index (χ0v) is 18.6. The van der Waals surface area contributed by atoms with Gasteiger partial charge in [0.25, 0.3) is 0 Å². The minimum atomic E-state index is -0.0439. The van der Waals surface area contributed by atoms with Gasteiger partial charge in [-0.25, -0.2) is 15.0 Å². The quantitative estimate of drug-likeness (QED) is 0.452. The van der Waals surface area contributed by atoms with E-state index >= 15 is 0 Å². The van der Waals surface area contributed by atoms with E-state index in [1.54, 1.807) is 19.6 Å². The maximum atomic E-state index is 8.99. The molecule has 3 aromatic rings. The molecule has 0 saturated heterocycles. The lowest BCUT2D eigenvalue weighted by atomic mass is 9.75. The number of aliphatic hydroxyl groups excluding tert-OH is 1. The molecule has 7 nitrogen and oxygen atoms in total. The maximum absolute atomic E-state index is 8.99. The first kappa shape index (κ1) is 22.5. The largest absolute Gasteiger partial charge is 0.496 e. The topological polar surface area (TPSA) is 92.2 Å². The van der Waals surface area contributed by atoms with Crippen LogP contribution in [0, 0.1) is 5.41 Å². The van der Waals surface area contributed by atoms with Gasteiger partial charge in [-0.15, -0.1) is 0 Å². The molecule has 3 rings (SSSR count). The predicted molar refractivity (Wildman–Crippen MR) is 125 cm³/mol. The highest BCUT2D eigenvalue weighted by atomic mass is 16.5. The van der Waals surface area contributed by atoms with E-state index in [2.05, 4.69) is 52.4 Å². The molecule has 1 aromatic carbocycles. The second-order valence-corrected chi connectivity index (χ2v) is 8.17. The molecule has 0 spiro atoms.